The smallest absolute Gasteiger partial charge is 0.146 e. The van der Waals surface area contributed by atoms with Crippen molar-refractivity contribution in [2.24, 2.45) is 0 Å². The number of anilines is 1. The normalized spacial score (nSPS) is 10.1. The lowest BCUT2D eigenvalue weighted by Gasteiger charge is -2.08. The van der Waals surface area contributed by atoms with Crippen LogP contribution in [-0.4, -0.2) is 4.98 Å². The molecule has 0 amide bonds. The van der Waals surface area contributed by atoms with Gasteiger partial charge in [-0.25, -0.2) is 0 Å². The third-order valence-electron chi connectivity index (χ3n) is 2.05. The highest BCUT2D eigenvalue weighted by atomic mass is 35.5. The first-order valence-electron chi connectivity index (χ1n) is 4.81. The number of rotatable bonds is 2. The first-order valence-corrected chi connectivity index (χ1v) is 5.18. The van der Waals surface area contributed by atoms with E-state index in [1.165, 1.54) is 0 Å². The van der Waals surface area contributed by atoms with Crippen LogP contribution < -0.4 is 10.5 Å². The maximum absolute atomic E-state index is 6.00. The van der Waals surface area contributed by atoms with Gasteiger partial charge in [0, 0.05) is 23.6 Å². The van der Waals surface area contributed by atoms with Crippen LogP contribution in [0.2, 0.25) is 5.02 Å². The molecule has 0 saturated carbocycles. The fraction of sp³-hybridized carbons (Fsp3) is 0.0833. The number of nitrogen functional groups attached to an aromatic ring is 1. The van der Waals surface area contributed by atoms with Crippen LogP contribution in [0.5, 0.6) is 11.5 Å². The minimum absolute atomic E-state index is 0.495. The van der Waals surface area contributed by atoms with Crippen molar-refractivity contribution >= 4 is 17.3 Å². The molecule has 4 heteroatoms. The minimum Gasteiger partial charge on any atom is -0.456 e. The van der Waals surface area contributed by atoms with Crippen LogP contribution in [0.4, 0.5) is 5.69 Å². The Labute approximate surface area is 98.8 Å². The second kappa shape index (κ2) is 4.41. The zero-order valence-corrected chi connectivity index (χ0v) is 9.53. The number of aromatic nitrogens is 1. The van der Waals surface area contributed by atoms with Gasteiger partial charge in [0.05, 0.1) is 5.02 Å². The molecule has 0 bridgehead atoms. The molecule has 2 rings (SSSR count). The Bertz CT molecular complexity index is 514. The van der Waals surface area contributed by atoms with Gasteiger partial charge in [-0.15, -0.1) is 0 Å². The summed E-state index contributed by atoms with van der Waals surface area (Å²) in [6.45, 7) is 1.90. The van der Waals surface area contributed by atoms with E-state index in [9.17, 15) is 0 Å². The fourth-order valence-corrected chi connectivity index (χ4v) is 1.54. The van der Waals surface area contributed by atoms with Crippen molar-refractivity contribution in [1.29, 1.82) is 0 Å². The van der Waals surface area contributed by atoms with E-state index in [0.717, 1.165) is 5.69 Å². The standard InChI is InChI=1S/C12H11ClN2O/c1-8-6-10(4-5-15-8)16-12-3-2-9(14)7-11(12)13/h2-7H,14H2,1H3. The first kappa shape index (κ1) is 10.8. The average Bonchev–Trinajstić information content (AvgIpc) is 2.22. The summed E-state index contributed by atoms with van der Waals surface area (Å²) < 4.78 is 5.62. The van der Waals surface area contributed by atoms with E-state index >= 15 is 0 Å². The van der Waals surface area contributed by atoms with Crippen molar-refractivity contribution in [1.82, 2.24) is 4.98 Å². The van der Waals surface area contributed by atoms with Gasteiger partial charge in [0.1, 0.15) is 11.5 Å². The number of pyridine rings is 1. The summed E-state index contributed by atoms with van der Waals surface area (Å²) in [5, 5.41) is 0.495. The van der Waals surface area contributed by atoms with Gasteiger partial charge >= 0.3 is 0 Å². The summed E-state index contributed by atoms with van der Waals surface area (Å²) in [7, 11) is 0. The van der Waals surface area contributed by atoms with Crippen LogP contribution >= 0.6 is 11.6 Å². The van der Waals surface area contributed by atoms with Gasteiger partial charge < -0.3 is 10.5 Å². The van der Waals surface area contributed by atoms with Crippen LogP contribution in [0.3, 0.4) is 0 Å². The monoisotopic (exact) mass is 234 g/mol. The lowest BCUT2D eigenvalue weighted by molar-refractivity contribution is 0.481. The number of hydrogen-bond acceptors (Lipinski definition) is 3. The molecule has 16 heavy (non-hydrogen) atoms. The molecule has 0 spiro atoms. The highest BCUT2D eigenvalue weighted by molar-refractivity contribution is 6.32. The van der Waals surface area contributed by atoms with Crippen molar-refractivity contribution in [3.8, 4) is 11.5 Å². The van der Waals surface area contributed by atoms with Gasteiger partial charge in [0.15, 0.2) is 0 Å². The SMILES string of the molecule is Cc1cc(Oc2ccc(N)cc2Cl)ccn1. The Balaban J connectivity index is 2.27. The predicted octanol–water partition coefficient (Wildman–Crippen LogP) is 3.42. The predicted molar refractivity (Wildman–Crippen MR) is 64.9 cm³/mol. The Morgan fingerprint density at radius 3 is 2.75 bits per heavy atom. The maximum Gasteiger partial charge on any atom is 0.146 e. The van der Waals surface area contributed by atoms with Gasteiger partial charge in [-0.2, -0.15) is 0 Å². The van der Waals surface area contributed by atoms with E-state index < -0.39 is 0 Å². The highest BCUT2D eigenvalue weighted by Gasteiger charge is 2.03. The largest absolute Gasteiger partial charge is 0.456 e. The van der Waals surface area contributed by atoms with Crippen LogP contribution in [0, 0.1) is 6.92 Å². The van der Waals surface area contributed by atoms with E-state index in [-0.39, 0.29) is 0 Å². The third kappa shape index (κ3) is 2.44. The summed E-state index contributed by atoms with van der Waals surface area (Å²) in [5.74, 6) is 1.29. The highest BCUT2D eigenvalue weighted by Crippen LogP contribution is 2.30. The molecule has 0 unspecified atom stereocenters. The summed E-state index contributed by atoms with van der Waals surface area (Å²) in [4.78, 5) is 4.09. The Kier molecular flexibility index (Phi) is 2.97. The van der Waals surface area contributed by atoms with E-state index in [1.807, 2.05) is 13.0 Å². The lowest BCUT2D eigenvalue weighted by Crippen LogP contribution is -1.89. The number of nitrogens with zero attached hydrogens (tertiary/aromatic N) is 1. The van der Waals surface area contributed by atoms with E-state index in [1.54, 1.807) is 30.5 Å². The Morgan fingerprint density at radius 2 is 2.06 bits per heavy atom. The van der Waals surface area contributed by atoms with Gasteiger partial charge in [-0.1, -0.05) is 11.6 Å². The van der Waals surface area contributed by atoms with E-state index in [2.05, 4.69) is 4.98 Å². The van der Waals surface area contributed by atoms with Crippen LogP contribution in [0.25, 0.3) is 0 Å². The Morgan fingerprint density at radius 1 is 1.25 bits per heavy atom. The second-order valence-corrected chi connectivity index (χ2v) is 3.83. The molecular formula is C12H11ClN2O. The average molecular weight is 235 g/mol. The van der Waals surface area contributed by atoms with Crippen molar-refractivity contribution in [2.45, 2.75) is 6.92 Å². The number of ether oxygens (including phenoxy) is 1. The molecular weight excluding hydrogens is 224 g/mol. The molecule has 2 N–H and O–H groups in total. The molecule has 0 saturated heterocycles. The maximum atomic E-state index is 6.00. The summed E-state index contributed by atoms with van der Waals surface area (Å²) >= 11 is 6.00. The van der Waals surface area contributed by atoms with E-state index in [4.69, 9.17) is 22.1 Å². The molecule has 1 heterocycles. The molecule has 0 radical (unpaired) electrons. The fourth-order valence-electron chi connectivity index (χ4n) is 1.31. The van der Waals surface area contributed by atoms with Gasteiger partial charge in [0.2, 0.25) is 0 Å². The summed E-state index contributed by atoms with van der Waals surface area (Å²) in [6, 6.07) is 8.76. The van der Waals surface area contributed by atoms with Crippen molar-refractivity contribution in [3.63, 3.8) is 0 Å². The molecule has 0 aliphatic carbocycles. The van der Waals surface area contributed by atoms with Crippen molar-refractivity contribution in [2.75, 3.05) is 5.73 Å². The van der Waals surface area contributed by atoms with Crippen molar-refractivity contribution < 1.29 is 4.74 Å². The molecule has 0 aliphatic rings. The minimum atomic E-state index is 0.495. The van der Waals surface area contributed by atoms with Crippen LogP contribution in [0.1, 0.15) is 5.69 Å². The lowest BCUT2D eigenvalue weighted by atomic mass is 10.3. The summed E-state index contributed by atoms with van der Waals surface area (Å²) in [6.07, 6.45) is 1.69. The zero-order chi connectivity index (χ0) is 11.5. The van der Waals surface area contributed by atoms with Crippen molar-refractivity contribution in [3.05, 3.63) is 47.2 Å². The first-order chi connectivity index (χ1) is 7.65. The second-order valence-electron chi connectivity index (χ2n) is 3.42. The topological polar surface area (TPSA) is 48.1 Å². The number of hydrogen-bond donors (Lipinski definition) is 1. The number of benzene rings is 1. The molecule has 0 fully saturated rings. The number of nitrogens with two attached hydrogens (primary N) is 1. The Hall–Kier alpha value is -1.74. The van der Waals surface area contributed by atoms with Gasteiger partial charge in [-0.3, -0.25) is 4.98 Å². The third-order valence-corrected chi connectivity index (χ3v) is 2.35. The molecule has 3 nitrogen and oxygen atoms in total. The quantitative estimate of drug-likeness (QED) is 0.810. The molecule has 0 aliphatic heterocycles. The molecule has 82 valence electrons. The number of aryl methyl sites for hydroxylation is 1. The van der Waals surface area contributed by atoms with Gasteiger partial charge in [0.25, 0.3) is 0 Å². The zero-order valence-electron chi connectivity index (χ0n) is 8.77. The van der Waals surface area contributed by atoms with Crippen LogP contribution in [-0.2, 0) is 0 Å². The number of halogens is 1. The van der Waals surface area contributed by atoms with Gasteiger partial charge in [-0.05, 0) is 31.2 Å². The molecule has 0 atom stereocenters. The van der Waals surface area contributed by atoms with Crippen LogP contribution in [0.15, 0.2) is 36.5 Å². The molecule has 1 aromatic heterocycles. The van der Waals surface area contributed by atoms with E-state index in [0.29, 0.717) is 22.2 Å². The molecule has 2 aromatic rings. The molecule has 1 aromatic carbocycles. The summed E-state index contributed by atoms with van der Waals surface area (Å²) in [5.41, 5.74) is 7.10.